The molecule has 0 fully saturated rings. The van der Waals surface area contributed by atoms with Crippen LogP contribution in [0.5, 0.6) is 11.5 Å². The van der Waals surface area contributed by atoms with E-state index in [0.717, 1.165) is 5.75 Å². The van der Waals surface area contributed by atoms with Crippen LogP contribution in [0.1, 0.15) is 27.7 Å². The van der Waals surface area contributed by atoms with E-state index in [9.17, 15) is 4.79 Å². The van der Waals surface area contributed by atoms with Crippen LogP contribution >= 0.6 is 0 Å². The first-order valence-electron chi connectivity index (χ1n) is 5.82. The van der Waals surface area contributed by atoms with Crippen LogP contribution in [-0.2, 0) is 4.79 Å². The second-order valence-electron chi connectivity index (χ2n) is 4.87. The molecule has 0 atom stereocenters. The molecule has 0 aliphatic heterocycles. The molecule has 0 heterocycles. The van der Waals surface area contributed by atoms with Crippen molar-refractivity contribution in [2.75, 3.05) is 13.2 Å². The van der Waals surface area contributed by atoms with Crippen LogP contribution in [0.2, 0.25) is 0 Å². The van der Waals surface area contributed by atoms with Crippen LogP contribution in [0.3, 0.4) is 0 Å². The molecular formula is C14H20O3. The minimum absolute atomic E-state index is 0.0827. The molecule has 94 valence electrons. The Morgan fingerprint density at radius 1 is 1.18 bits per heavy atom. The Kier molecular flexibility index (Phi) is 4.55. The second kappa shape index (κ2) is 5.71. The average molecular weight is 236 g/mol. The van der Waals surface area contributed by atoms with Crippen molar-refractivity contribution in [1.29, 1.82) is 0 Å². The van der Waals surface area contributed by atoms with Gasteiger partial charge < -0.3 is 9.47 Å². The van der Waals surface area contributed by atoms with Crippen molar-refractivity contribution in [3.8, 4) is 11.5 Å². The number of hydrogen-bond donors (Lipinski definition) is 0. The minimum atomic E-state index is -0.364. The third-order valence-corrected chi connectivity index (χ3v) is 2.32. The number of ketones is 1. The molecule has 0 radical (unpaired) electrons. The van der Waals surface area contributed by atoms with Gasteiger partial charge in [-0.15, -0.1) is 0 Å². The summed E-state index contributed by atoms with van der Waals surface area (Å²) in [5.74, 6) is 1.50. The van der Waals surface area contributed by atoms with Crippen molar-refractivity contribution < 1.29 is 14.3 Å². The average Bonchev–Trinajstić information content (AvgIpc) is 2.25. The Morgan fingerprint density at radius 3 is 2.29 bits per heavy atom. The molecule has 0 amide bonds. The Labute approximate surface area is 103 Å². The van der Waals surface area contributed by atoms with Crippen molar-refractivity contribution in [2.45, 2.75) is 27.7 Å². The van der Waals surface area contributed by atoms with Gasteiger partial charge in [-0.2, -0.15) is 0 Å². The predicted molar refractivity (Wildman–Crippen MR) is 67.6 cm³/mol. The van der Waals surface area contributed by atoms with Gasteiger partial charge in [0, 0.05) is 11.5 Å². The van der Waals surface area contributed by atoms with Crippen molar-refractivity contribution in [3.05, 3.63) is 24.3 Å². The Morgan fingerprint density at radius 2 is 1.76 bits per heavy atom. The van der Waals surface area contributed by atoms with Crippen LogP contribution in [-0.4, -0.2) is 19.0 Å². The van der Waals surface area contributed by atoms with Gasteiger partial charge in [0.1, 0.15) is 18.1 Å². The van der Waals surface area contributed by atoms with Crippen molar-refractivity contribution >= 4 is 5.78 Å². The number of rotatable bonds is 5. The third kappa shape index (κ3) is 4.47. The molecule has 0 saturated carbocycles. The third-order valence-electron chi connectivity index (χ3n) is 2.32. The van der Waals surface area contributed by atoms with Gasteiger partial charge in [0.25, 0.3) is 0 Å². The number of hydrogen-bond acceptors (Lipinski definition) is 3. The summed E-state index contributed by atoms with van der Waals surface area (Å²) < 4.78 is 10.8. The van der Waals surface area contributed by atoms with E-state index in [2.05, 4.69) is 0 Å². The monoisotopic (exact) mass is 236 g/mol. The zero-order valence-electron chi connectivity index (χ0n) is 10.9. The zero-order valence-corrected chi connectivity index (χ0v) is 10.9. The van der Waals surface area contributed by atoms with Crippen LogP contribution in [0.4, 0.5) is 0 Å². The highest BCUT2D eigenvalue weighted by Crippen LogP contribution is 2.21. The van der Waals surface area contributed by atoms with Gasteiger partial charge in [-0.1, -0.05) is 26.8 Å². The highest BCUT2D eigenvalue weighted by molar-refractivity contribution is 5.85. The molecule has 0 spiro atoms. The summed E-state index contributed by atoms with van der Waals surface area (Å²) in [7, 11) is 0. The summed E-state index contributed by atoms with van der Waals surface area (Å²) in [6.07, 6.45) is 0. The fraction of sp³-hybridized carbons (Fsp3) is 0.500. The van der Waals surface area contributed by atoms with Gasteiger partial charge >= 0.3 is 0 Å². The number of carbonyl (C=O) groups excluding carboxylic acids is 1. The van der Waals surface area contributed by atoms with E-state index < -0.39 is 0 Å². The van der Waals surface area contributed by atoms with E-state index in [0.29, 0.717) is 12.4 Å². The van der Waals surface area contributed by atoms with E-state index in [1.807, 2.05) is 45.9 Å². The van der Waals surface area contributed by atoms with Gasteiger partial charge in [0.05, 0.1) is 6.61 Å². The van der Waals surface area contributed by atoms with Crippen LogP contribution in [0.25, 0.3) is 0 Å². The number of benzene rings is 1. The first-order chi connectivity index (χ1) is 7.93. The van der Waals surface area contributed by atoms with E-state index in [1.165, 1.54) is 0 Å². The van der Waals surface area contributed by atoms with E-state index >= 15 is 0 Å². The lowest BCUT2D eigenvalue weighted by Gasteiger charge is -2.16. The first-order valence-corrected chi connectivity index (χ1v) is 5.82. The van der Waals surface area contributed by atoms with Crippen molar-refractivity contribution in [1.82, 2.24) is 0 Å². The summed E-state index contributed by atoms with van der Waals surface area (Å²) in [5, 5.41) is 0. The van der Waals surface area contributed by atoms with E-state index in [4.69, 9.17) is 9.47 Å². The molecule has 0 aliphatic carbocycles. The van der Waals surface area contributed by atoms with Crippen LogP contribution in [0.15, 0.2) is 24.3 Å². The molecule has 3 heteroatoms. The molecule has 1 aromatic rings. The van der Waals surface area contributed by atoms with Gasteiger partial charge in [0.2, 0.25) is 0 Å². The predicted octanol–water partition coefficient (Wildman–Crippen LogP) is 3.08. The normalized spacial score (nSPS) is 11.1. The Balaban J connectivity index is 2.57. The summed E-state index contributed by atoms with van der Waals surface area (Å²) >= 11 is 0. The zero-order chi connectivity index (χ0) is 12.9. The minimum Gasteiger partial charge on any atom is -0.494 e. The van der Waals surface area contributed by atoms with Crippen LogP contribution in [0, 0.1) is 5.41 Å². The molecule has 0 bridgehead atoms. The summed E-state index contributed by atoms with van der Waals surface area (Å²) in [6.45, 7) is 8.29. The summed E-state index contributed by atoms with van der Waals surface area (Å²) in [6, 6.07) is 7.32. The number of carbonyl (C=O) groups is 1. The van der Waals surface area contributed by atoms with Crippen molar-refractivity contribution in [2.24, 2.45) is 5.41 Å². The molecular weight excluding hydrogens is 216 g/mol. The lowest BCUT2D eigenvalue weighted by atomic mass is 9.91. The lowest BCUT2D eigenvalue weighted by molar-refractivity contribution is -0.128. The van der Waals surface area contributed by atoms with Crippen LogP contribution < -0.4 is 9.47 Å². The topological polar surface area (TPSA) is 35.5 Å². The maximum absolute atomic E-state index is 11.7. The molecule has 1 aromatic carbocycles. The fourth-order valence-corrected chi connectivity index (χ4v) is 1.19. The Hall–Kier alpha value is -1.51. The maximum Gasteiger partial charge on any atom is 0.175 e. The molecule has 3 nitrogen and oxygen atoms in total. The summed E-state index contributed by atoms with van der Waals surface area (Å²) in [4.78, 5) is 11.7. The van der Waals surface area contributed by atoms with E-state index in [1.54, 1.807) is 6.07 Å². The second-order valence-corrected chi connectivity index (χ2v) is 4.87. The fourth-order valence-electron chi connectivity index (χ4n) is 1.19. The highest BCUT2D eigenvalue weighted by atomic mass is 16.5. The largest absolute Gasteiger partial charge is 0.494 e. The molecule has 0 aliphatic rings. The molecule has 17 heavy (non-hydrogen) atoms. The molecule has 0 saturated heterocycles. The van der Waals surface area contributed by atoms with Crippen molar-refractivity contribution in [3.63, 3.8) is 0 Å². The SMILES string of the molecule is CCOc1cccc(OCC(=O)C(C)(C)C)c1. The molecule has 1 rings (SSSR count). The Bertz CT molecular complexity index is 377. The lowest BCUT2D eigenvalue weighted by Crippen LogP contribution is -2.26. The first kappa shape index (κ1) is 13.6. The summed E-state index contributed by atoms with van der Waals surface area (Å²) in [5.41, 5.74) is -0.364. The van der Waals surface area contributed by atoms with Gasteiger partial charge in [-0.25, -0.2) is 0 Å². The van der Waals surface area contributed by atoms with Gasteiger partial charge in [-0.05, 0) is 19.1 Å². The number of ether oxygens (including phenoxy) is 2. The van der Waals surface area contributed by atoms with E-state index in [-0.39, 0.29) is 17.8 Å². The standard InChI is InChI=1S/C14H20O3/c1-5-16-11-7-6-8-12(9-11)17-10-13(15)14(2,3)4/h6-9H,5,10H2,1-4H3. The molecule has 0 N–H and O–H groups in total. The maximum atomic E-state index is 11.7. The van der Waals surface area contributed by atoms with Gasteiger partial charge in [0.15, 0.2) is 5.78 Å². The molecule has 0 unspecified atom stereocenters. The number of Topliss-reactive ketones (excluding diaryl/α,β-unsaturated/α-hetero) is 1. The quantitative estimate of drug-likeness (QED) is 0.788. The highest BCUT2D eigenvalue weighted by Gasteiger charge is 2.21. The van der Waals surface area contributed by atoms with Gasteiger partial charge in [-0.3, -0.25) is 4.79 Å². The smallest absolute Gasteiger partial charge is 0.175 e. The molecule has 0 aromatic heterocycles.